The maximum atomic E-state index is 12.2. The van der Waals surface area contributed by atoms with Gasteiger partial charge in [-0.15, -0.1) is 0 Å². The number of hydrogen-bond acceptors (Lipinski definition) is 4. The van der Waals surface area contributed by atoms with Crippen LogP contribution < -0.4 is 5.56 Å². The molecule has 1 amide bonds. The molecule has 196 valence electrons. The fourth-order valence-corrected chi connectivity index (χ4v) is 6.14. The van der Waals surface area contributed by atoms with Crippen molar-refractivity contribution in [3.05, 3.63) is 70.6 Å². The van der Waals surface area contributed by atoms with E-state index in [1.54, 1.807) is 6.92 Å². The van der Waals surface area contributed by atoms with Gasteiger partial charge < -0.3 is 19.0 Å². The van der Waals surface area contributed by atoms with E-state index in [9.17, 15) is 9.59 Å². The summed E-state index contributed by atoms with van der Waals surface area (Å²) in [6, 6.07) is 19.1. The van der Waals surface area contributed by atoms with Gasteiger partial charge in [-0.2, -0.15) is 0 Å². The van der Waals surface area contributed by atoms with Crippen molar-refractivity contribution in [2.24, 2.45) is 0 Å². The van der Waals surface area contributed by atoms with E-state index in [0.29, 0.717) is 17.6 Å². The quantitative estimate of drug-likeness (QED) is 0.320. The number of hydrogen-bond donors (Lipinski definition) is 1. The van der Waals surface area contributed by atoms with E-state index in [1.165, 1.54) is 21.8 Å². The standard InChI is InChI=1S/C31H30N6O2/c1-3-36-26-9-5-4-8-21(26)22-16-20(11-12-27(22)36)30-33-25-17-23-24(32-19(2)31(39)34-23)18-28(25)37(30)15-7-14-35-13-6-10-29(35)38/h4-5,8-9,11-12,16-18H,3,6-7,10,13-15H2,1-2H3,(H,34,39). The van der Waals surface area contributed by atoms with E-state index < -0.39 is 0 Å². The van der Waals surface area contributed by atoms with Gasteiger partial charge in [0.15, 0.2) is 0 Å². The zero-order valence-corrected chi connectivity index (χ0v) is 22.2. The number of benzene rings is 3. The number of aromatic amines is 1. The van der Waals surface area contributed by atoms with Crippen LogP contribution in [0.1, 0.15) is 31.9 Å². The number of carbonyl (C=O) groups excluding carboxylic acids is 1. The Kier molecular flexibility index (Phi) is 5.50. The summed E-state index contributed by atoms with van der Waals surface area (Å²) in [5.41, 5.74) is 6.94. The summed E-state index contributed by atoms with van der Waals surface area (Å²) in [4.78, 5) is 39.0. The molecule has 0 bridgehead atoms. The fraction of sp³-hybridized carbons (Fsp3) is 0.290. The van der Waals surface area contributed by atoms with Crippen LogP contribution in [-0.4, -0.2) is 48.0 Å². The monoisotopic (exact) mass is 518 g/mol. The molecule has 39 heavy (non-hydrogen) atoms. The molecule has 1 saturated heterocycles. The first-order chi connectivity index (χ1) is 19.0. The lowest BCUT2D eigenvalue weighted by molar-refractivity contribution is -0.127. The Morgan fingerprint density at radius 2 is 1.72 bits per heavy atom. The highest BCUT2D eigenvalue weighted by molar-refractivity contribution is 6.09. The molecule has 0 atom stereocenters. The lowest BCUT2D eigenvalue weighted by Gasteiger charge is -2.16. The third-order valence-corrected chi connectivity index (χ3v) is 8.06. The molecule has 6 aromatic rings. The lowest BCUT2D eigenvalue weighted by atomic mass is 10.1. The van der Waals surface area contributed by atoms with Crippen LogP contribution in [0.25, 0.3) is 55.3 Å². The van der Waals surface area contributed by atoms with E-state index >= 15 is 0 Å². The number of fused-ring (bicyclic) bond motifs is 5. The summed E-state index contributed by atoms with van der Waals surface area (Å²) in [6.07, 6.45) is 2.43. The minimum absolute atomic E-state index is 0.186. The summed E-state index contributed by atoms with van der Waals surface area (Å²) in [5.74, 6) is 1.13. The number of H-pyrrole nitrogens is 1. The number of nitrogens with zero attached hydrogens (tertiary/aromatic N) is 5. The van der Waals surface area contributed by atoms with Crippen LogP contribution in [0.3, 0.4) is 0 Å². The molecule has 1 aliphatic rings. The van der Waals surface area contributed by atoms with E-state index in [2.05, 4.69) is 68.5 Å². The summed E-state index contributed by atoms with van der Waals surface area (Å²) in [5, 5.41) is 2.44. The van der Waals surface area contributed by atoms with Crippen LogP contribution in [0.15, 0.2) is 59.4 Å². The number of amides is 1. The molecule has 8 nitrogen and oxygen atoms in total. The summed E-state index contributed by atoms with van der Waals surface area (Å²) < 4.78 is 4.60. The Morgan fingerprint density at radius 1 is 0.872 bits per heavy atom. The van der Waals surface area contributed by atoms with E-state index in [1.807, 2.05) is 17.0 Å². The van der Waals surface area contributed by atoms with E-state index in [0.717, 1.165) is 67.0 Å². The number of likely N-dealkylation sites (tertiary alicyclic amines) is 1. The van der Waals surface area contributed by atoms with Gasteiger partial charge in [-0.3, -0.25) is 9.59 Å². The fourth-order valence-electron chi connectivity index (χ4n) is 6.14. The molecule has 0 spiro atoms. The summed E-state index contributed by atoms with van der Waals surface area (Å²) in [6.45, 7) is 7.09. The molecule has 0 unspecified atom stereocenters. The first-order valence-electron chi connectivity index (χ1n) is 13.7. The molecule has 0 saturated carbocycles. The van der Waals surface area contributed by atoms with Crippen LogP contribution in [0.2, 0.25) is 0 Å². The molecule has 0 radical (unpaired) electrons. The normalized spacial score (nSPS) is 14.1. The van der Waals surface area contributed by atoms with Crippen molar-refractivity contribution in [3.63, 3.8) is 0 Å². The van der Waals surface area contributed by atoms with Crippen molar-refractivity contribution < 1.29 is 4.79 Å². The first kappa shape index (κ1) is 23.6. The lowest BCUT2D eigenvalue weighted by Crippen LogP contribution is -2.26. The second kappa shape index (κ2) is 9.08. The molecule has 3 aromatic carbocycles. The number of para-hydroxylation sites is 1. The van der Waals surface area contributed by atoms with Gasteiger partial charge in [0.25, 0.3) is 5.56 Å². The minimum Gasteiger partial charge on any atom is -0.343 e. The number of aromatic nitrogens is 5. The SMILES string of the molecule is CCn1c2ccccc2c2cc(-c3nc4cc5[nH]c(=O)c(C)nc5cc4n3CCCN3CCCC3=O)ccc21. The van der Waals surface area contributed by atoms with Crippen molar-refractivity contribution >= 4 is 49.8 Å². The topological polar surface area (TPSA) is 88.8 Å². The van der Waals surface area contributed by atoms with Crippen LogP contribution in [0.4, 0.5) is 0 Å². The highest BCUT2D eigenvalue weighted by Gasteiger charge is 2.21. The summed E-state index contributed by atoms with van der Waals surface area (Å²) in [7, 11) is 0. The zero-order valence-electron chi connectivity index (χ0n) is 22.2. The first-order valence-corrected chi connectivity index (χ1v) is 13.7. The Balaban J connectivity index is 1.40. The second-order valence-electron chi connectivity index (χ2n) is 10.4. The van der Waals surface area contributed by atoms with Crippen molar-refractivity contribution in [2.45, 2.75) is 46.2 Å². The Labute approximate surface area is 224 Å². The van der Waals surface area contributed by atoms with Gasteiger partial charge in [0.05, 0.1) is 22.1 Å². The summed E-state index contributed by atoms with van der Waals surface area (Å²) >= 11 is 0. The molecule has 1 fully saturated rings. The van der Waals surface area contributed by atoms with Crippen LogP contribution in [0.5, 0.6) is 0 Å². The Morgan fingerprint density at radius 3 is 2.54 bits per heavy atom. The Hall–Kier alpha value is -4.46. The molecule has 7 rings (SSSR count). The largest absolute Gasteiger partial charge is 0.343 e. The second-order valence-corrected chi connectivity index (χ2v) is 10.4. The van der Waals surface area contributed by atoms with E-state index in [4.69, 9.17) is 4.98 Å². The molecule has 1 aliphatic heterocycles. The van der Waals surface area contributed by atoms with Crippen LogP contribution in [-0.2, 0) is 17.9 Å². The van der Waals surface area contributed by atoms with Gasteiger partial charge in [0.1, 0.15) is 11.5 Å². The Bertz CT molecular complexity index is 1980. The number of carbonyl (C=O) groups is 1. The smallest absolute Gasteiger partial charge is 0.269 e. The van der Waals surface area contributed by atoms with Crippen LogP contribution >= 0.6 is 0 Å². The van der Waals surface area contributed by atoms with Crippen molar-refractivity contribution in [1.82, 2.24) is 29.0 Å². The van der Waals surface area contributed by atoms with Crippen LogP contribution in [0, 0.1) is 6.92 Å². The highest BCUT2D eigenvalue weighted by Crippen LogP contribution is 2.34. The predicted molar refractivity (Wildman–Crippen MR) is 155 cm³/mol. The molecule has 1 N–H and O–H groups in total. The third-order valence-electron chi connectivity index (χ3n) is 8.06. The van der Waals surface area contributed by atoms with E-state index in [-0.39, 0.29) is 11.5 Å². The maximum Gasteiger partial charge on any atom is 0.269 e. The molecule has 3 aromatic heterocycles. The number of rotatable bonds is 6. The van der Waals surface area contributed by atoms with Gasteiger partial charge in [0, 0.05) is 60.0 Å². The van der Waals surface area contributed by atoms with Gasteiger partial charge in [-0.05, 0) is 63.1 Å². The molecule has 4 heterocycles. The van der Waals surface area contributed by atoms with Crippen molar-refractivity contribution in [2.75, 3.05) is 13.1 Å². The number of nitrogens with one attached hydrogen (secondary N) is 1. The third kappa shape index (κ3) is 3.81. The van der Waals surface area contributed by atoms with Crippen molar-refractivity contribution in [3.8, 4) is 11.4 Å². The number of imidazole rings is 1. The van der Waals surface area contributed by atoms with Gasteiger partial charge >= 0.3 is 0 Å². The average Bonchev–Trinajstić information content (AvgIpc) is 3.61. The molecule has 0 aliphatic carbocycles. The van der Waals surface area contributed by atoms with Crippen molar-refractivity contribution in [1.29, 1.82) is 0 Å². The minimum atomic E-state index is -0.186. The predicted octanol–water partition coefficient (Wildman–Crippen LogP) is 5.39. The average molecular weight is 519 g/mol. The number of aryl methyl sites for hydroxylation is 3. The highest BCUT2D eigenvalue weighted by atomic mass is 16.2. The molecule has 8 heteroatoms. The molecular formula is C31H30N6O2. The molecular weight excluding hydrogens is 488 g/mol. The van der Waals surface area contributed by atoms with Gasteiger partial charge in [-0.1, -0.05) is 18.2 Å². The van der Waals surface area contributed by atoms with Gasteiger partial charge in [0.2, 0.25) is 5.91 Å². The van der Waals surface area contributed by atoms with Gasteiger partial charge in [-0.25, -0.2) is 9.97 Å². The zero-order chi connectivity index (χ0) is 26.7. The maximum absolute atomic E-state index is 12.2.